The third-order valence-corrected chi connectivity index (χ3v) is 3.53. The van der Waals surface area contributed by atoms with E-state index in [1.807, 2.05) is 13.8 Å². The van der Waals surface area contributed by atoms with E-state index in [2.05, 4.69) is 25.2 Å². The lowest BCUT2D eigenvalue weighted by Crippen LogP contribution is -2.28. The van der Waals surface area contributed by atoms with Crippen LogP contribution in [0.2, 0.25) is 0 Å². The second kappa shape index (κ2) is 6.01. The first kappa shape index (κ1) is 13.8. The van der Waals surface area contributed by atoms with Crippen LogP contribution in [-0.2, 0) is 0 Å². The summed E-state index contributed by atoms with van der Waals surface area (Å²) < 4.78 is 0. The van der Waals surface area contributed by atoms with Gasteiger partial charge in [0.05, 0.1) is 0 Å². The Morgan fingerprint density at radius 1 is 1.26 bits per heavy atom. The fourth-order valence-corrected chi connectivity index (χ4v) is 2.01. The van der Waals surface area contributed by atoms with Gasteiger partial charge in [0.2, 0.25) is 17.8 Å². The quantitative estimate of drug-likeness (QED) is 0.712. The molecule has 4 N–H and O–H groups in total. The van der Waals surface area contributed by atoms with E-state index in [1.54, 1.807) is 0 Å². The lowest BCUT2D eigenvalue weighted by Gasteiger charge is -2.21. The van der Waals surface area contributed by atoms with Crippen molar-refractivity contribution in [3.05, 3.63) is 0 Å². The summed E-state index contributed by atoms with van der Waals surface area (Å²) in [5, 5.41) is 12.3. The van der Waals surface area contributed by atoms with Crippen LogP contribution < -0.4 is 16.0 Å². The summed E-state index contributed by atoms with van der Waals surface area (Å²) in [6.45, 7) is 5.99. The summed E-state index contributed by atoms with van der Waals surface area (Å²) in [6, 6.07) is 0.0678. The maximum Gasteiger partial charge on any atom is 0.231 e. The van der Waals surface area contributed by atoms with Gasteiger partial charge in [-0.1, -0.05) is 6.92 Å². The van der Waals surface area contributed by atoms with E-state index in [0.29, 0.717) is 11.9 Å². The Balaban J connectivity index is 2.12. The minimum Gasteiger partial charge on any atom is -0.396 e. The molecule has 1 aromatic rings. The number of nitrogens with one attached hydrogen (secondary N) is 1. The van der Waals surface area contributed by atoms with Crippen molar-refractivity contribution in [2.45, 2.75) is 32.7 Å². The van der Waals surface area contributed by atoms with Gasteiger partial charge < -0.3 is 21.1 Å². The fraction of sp³-hybridized carbons (Fsp3) is 0.750. The number of aliphatic hydroxyl groups is 1. The minimum absolute atomic E-state index is 0.0678. The molecule has 1 fully saturated rings. The highest BCUT2D eigenvalue weighted by Crippen LogP contribution is 2.18. The normalized spacial score (nSPS) is 18.4. The molecule has 1 saturated heterocycles. The Bertz CT molecular complexity index is 421. The summed E-state index contributed by atoms with van der Waals surface area (Å²) >= 11 is 0. The van der Waals surface area contributed by atoms with Crippen molar-refractivity contribution in [1.29, 1.82) is 0 Å². The Labute approximate surface area is 113 Å². The van der Waals surface area contributed by atoms with Crippen LogP contribution in [0.3, 0.4) is 0 Å². The number of nitrogens with two attached hydrogens (primary N) is 1. The van der Waals surface area contributed by atoms with Gasteiger partial charge in [0.1, 0.15) is 0 Å². The molecule has 2 atom stereocenters. The Morgan fingerprint density at radius 2 is 1.95 bits per heavy atom. The number of anilines is 3. The summed E-state index contributed by atoms with van der Waals surface area (Å²) in [7, 11) is 0. The van der Waals surface area contributed by atoms with E-state index in [0.717, 1.165) is 25.9 Å². The molecule has 1 aliphatic rings. The van der Waals surface area contributed by atoms with E-state index in [9.17, 15) is 0 Å². The molecule has 106 valence electrons. The smallest absolute Gasteiger partial charge is 0.231 e. The number of hydrogen-bond donors (Lipinski definition) is 3. The summed E-state index contributed by atoms with van der Waals surface area (Å²) in [6.07, 6.45) is 2.32. The number of aromatic nitrogens is 3. The van der Waals surface area contributed by atoms with E-state index in [-0.39, 0.29) is 24.5 Å². The van der Waals surface area contributed by atoms with Gasteiger partial charge in [-0.2, -0.15) is 15.0 Å². The first-order chi connectivity index (χ1) is 9.10. The number of hydrogen-bond acceptors (Lipinski definition) is 7. The number of nitrogen functional groups attached to an aromatic ring is 1. The highest BCUT2D eigenvalue weighted by molar-refractivity contribution is 5.42. The maximum atomic E-state index is 9.14. The molecule has 7 nitrogen and oxygen atoms in total. The Kier molecular flexibility index (Phi) is 4.36. The average Bonchev–Trinajstić information content (AvgIpc) is 2.90. The number of aliphatic hydroxyl groups excluding tert-OH is 1. The van der Waals surface area contributed by atoms with Crippen molar-refractivity contribution in [1.82, 2.24) is 15.0 Å². The van der Waals surface area contributed by atoms with E-state index in [1.165, 1.54) is 0 Å². The molecule has 2 heterocycles. The van der Waals surface area contributed by atoms with Gasteiger partial charge in [-0.25, -0.2) is 0 Å². The Morgan fingerprint density at radius 3 is 2.58 bits per heavy atom. The van der Waals surface area contributed by atoms with Crippen molar-refractivity contribution in [3.8, 4) is 0 Å². The van der Waals surface area contributed by atoms with Gasteiger partial charge in [0, 0.05) is 25.7 Å². The van der Waals surface area contributed by atoms with Gasteiger partial charge in [-0.05, 0) is 25.7 Å². The third-order valence-electron chi connectivity index (χ3n) is 3.53. The van der Waals surface area contributed by atoms with E-state index < -0.39 is 0 Å². The lowest BCUT2D eigenvalue weighted by atomic mass is 10.1. The van der Waals surface area contributed by atoms with Crippen molar-refractivity contribution < 1.29 is 5.11 Å². The Hall–Kier alpha value is -1.63. The topological polar surface area (TPSA) is 100 Å². The highest BCUT2D eigenvalue weighted by Gasteiger charge is 2.18. The van der Waals surface area contributed by atoms with Crippen LogP contribution in [0.15, 0.2) is 0 Å². The van der Waals surface area contributed by atoms with Crippen LogP contribution >= 0.6 is 0 Å². The molecule has 0 aromatic carbocycles. The van der Waals surface area contributed by atoms with E-state index in [4.69, 9.17) is 10.8 Å². The van der Waals surface area contributed by atoms with Crippen molar-refractivity contribution >= 4 is 17.8 Å². The molecule has 19 heavy (non-hydrogen) atoms. The second-order valence-corrected chi connectivity index (χ2v) is 5.10. The van der Waals surface area contributed by atoms with E-state index >= 15 is 0 Å². The van der Waals surface area contributed by atoms with Crippen LogP contribution in [0.25, 0.3) is 0 Å². The standard InChI is InChI=1S/C12H22N6O/c1-8(7-19)9(2)14-11-15-10(13)16-12(17-11)18-5-3-4-6-18/h8-9,19H,3-7H2,1-2H3,(H3,13,14,15,16,17). The van der Waals surface area contributed by atoms with Crippen LogP contribution in [-0.4, -0.2) is 45.8 Å². The van der Waals surface area contributed by atoms with Crippen LogP contribution in [0.1, 0.15) is 26.7 Å². The largest absolute Gasteiger partial charge is 0.396 e. The molecule has 0 spiro atoms. The fourth-order valence-electron chi connectivity index (χ4n) is 2.01. The molecular formula is C12H22N6O. The highest BCUT2D eigenvalue weighted by atomic mass is 16.3. The predicted molar refractivity (Wildman–Crippen MR) is 75.0 cm³/mol. The first-order valence-electron chi connectivity index (χ1n) is 6.74. The molecule has 7 heteroatoms. The SMILES string of the molecule is CC(CO)C(C)Nc1nc(N)nc(N2CCCC2)n1. The zero-order chi connectivity index (χ0) is 13.8. The van der Waals surface area contributed by atoms with Crippen molar-refractivity contribution in [2.24, 2.45) is 5.92 Å². The predicted octanol–water partition coefficient (Wildman–Crippen LogP) is 0.483. The van der Waals surface area contributed by atoms with Crippen molar-refractivity contribution in [3.63, 3.8) is 0 Å². The molecule has 0 amide bonds. The van der Waals surface area contributed by atoms with Gasteiger partial charge in [-0.15, -0.1) is 0 Å². The van der Waals surface area contributed by atoms with Gasteiger partial charge in [0.25, 0.3) is 0 Å². The molecular weight excluding hydrogens is 244 g/mol. The van der Waals surface area contributed by atoms with Crippen LogP contribution in [0.5, 0.6) is 0 Å². The molecule has 0 aliphatic carbocycles. The molecule has 0 radical (unpaired) electrons. The molecule has 2 unspecified atom stereocenters. The summed E-state index contributed by atoms with van der Waals surface area (Å²) in [5.74, 6) is 1.45. The zero-order valence-corrected chi connectivity index (χ0v) is 11.5. The van der Waals surface area contributed by atoms with Gasteiger partial charge >= 0.3 is 0 Å². The van der Waals surface area contributed by atoms with Crippen LogP contribution in [0, 0.1) is 5.92 Å². The van der Waals surface area contributed by atoms with Gasteiger partial charge in [0.15, 0.2) is 0 Å². The number of nitrogens with zero attached hydrogens (tertiary/aromatic N) is 4. The maximum absolute atomic E-state index is 9.14. The van der Waals surface area contributed by atoms with Gasteiger partial charge in [-0.3, -0.25) is 0 Å². The molecule has 2 rings (SSSR count). The van der Waals surface area contributed by atoms with Crippen molar-refractivity contribution in [2.75, 3.05) is 35.6 Å². The molecule has 1 aromatic heterocycles. The average molecular weight is 266 g/mol. The first-order valence-corrected chi connectivity index (χ1v) is 6.74. The lowest BCUT2D eigenvalue weighted by molar-refractivity contribution is 0.226. The molecule has 0 bridgehead atoms. The summed E-state index contributed by atoms with van der Waals surface area (Å²) in [5.41, 5.74) is 5.73. The monoisotopic (exact) mass is 266 g/mol. The second-order valence-electron chi connectivity index (χ2n) is 5.10. The molecule has 0 saturated carbocycles. The zero-order valence-electron chi connectivity index (χ0n) is 11.5. The third kappa shape index (κ3) is 3.44. The molecule has 1 aliphatic heterocycles. The number of rotatable bonds is 5. The van der Waals surface area contributed by atoms with Crippen LogP contribution in [0.4, 0.5) is 17.8 Å². The summed E-state index contributed by atoms with van der Waals surface area (Å²) in [4.78, 5) is 14.8. The minimum atomic E-state index is 0.0678.